The van der Waals surface area contributed by atoms with Crippen molar-refractivity contribution in [1.82, 2.24) is 10.1 Å². The monoisotopic (exact) mass is 392 g/mol. The summed E-state index contributed by atoms with van der Waals surface area (Å²) in [6, 6.07) is 10.7. The summed E-state index contributed by atoms with van der Waals surface area (Å²) in [7, 11) is 1.37. The highest BCUT2D eigenvalue weighted by molar-refractivity contribution is 7.98. The van der Waals surface area contributed by atoms with Crippen LogP contribution in [-0.4, -0.2) is 23.9 Å². The molecule has 27 heavy (non-hydrogen) atoms. The number of ether oxygens (including phenoxy) is 2. The van der Waals surface area contributed by atoms with Crippen LogP contribution in [0.3, 0.4) is 0 Å². The topological polar surface area (TPSA) is 57.4 Å². The van der Waals surface area contributed by atoms with Gasteiger partial charge in [0.25, 0.3) is 0 Å². The third-order valence-corrected chi connectivity index (χ3v) is 4.95. The van der Waals surface area contributed by atoms with Gasteiger partial charge in [-0.15, -0.1) is 11.8 Å². The Morgan fingerprint density at radius 2 is 1.93 bits per heavy atom. The largest absolute Gasteiger partial charge is 0.493 e. The van der Waals surface area contributed by atoms with Gasteiger partial charge >= 0.3 is 6.61 Å². The highest BCUT2D eigenvalue weighted by Crippen LogP contribution is 2.33. The minimum Gasteiger partial charge on any atom is -0.493 e. The number of nitrogens with zero attached hydrogens (tertiary/aromatic N) is 2. The van der Waals surface area contributed by atoms with E-state index in [0.29, 0.717) is 23.0 Å². The van der Waals surface area contributed by atoms with Crippen molar-refractivity contribution >= 4 is 11.8 Å². The van der Waals surface area contributed by atoms with Crippen molar-refractivity contribution in [3.8, 4) is 22.9 Å². The van der Waals surface area contributed by atoms with Gasteiger partial charge in [0.05, 0.1) is 12.9 Å². The van der Waals surface area contributed by atoms with Crippen molar-refractivity contribution in [2.45, 2.75) is 31.1 Å². The minimum absolute atomic E-state index is 0.0506. The van der Waals surface area contributed by atoms with E-state index >= 15 is 0 Å². The number of benzene rings is 2. The zero-order valence-electron chi connectivity index (χ0n) is 15.0. The highest BCUT2D eigenvalue weighted by Gasteiger charge is 2.15. The van der Waals surface area contributed by atoms with Crippen molar-refractivity contribution < 1.29 is 22.8 Å². The predicted molar refractivity (Wildman–Crippen MR) is 98.4 cm³/mol. The first-order chi connectivity index (χ1) is 13.0. The van der Waals surface area contributed by atoms with E-state index < -0.39 is 6.61 Å². The van der Waals surface area contributed by atoms with Crippen molar-refractivity contribution in [2.75, 3.05) is 7.11 Å². The molecule has 5 nitrogen and oxygen atoms in total. The van der Waals surface area contributed by atoms with Crippen molar-refractivity contribution in [3.05, 3.63) is 53.4 Å². The average Bonchev–Trinajstić information content (AvgIpc) is 3.10. The Hall–Kier alpha value is -2.61. The first kappa shape index (κ1) is 19.2. The molecule has 0 bridgehead atoms. The summed E-state index contributed by atoms with van der Waals surface area (Å²) in [4.78, 5) is 5.51. The fourth-order valence-corrected chi connectivity index (χ4v) is 3.38. The number of methoxy groups -OCH3 is 1. The molecule has 0 atom stereocenters. The zero-order valence-corrected chi connectivity index (χ0v) is 15.8. The summed E-state index contributed by atoms with van der Waals surface area (Å²) < 4.78 is 39.6. The SMILES string of the molecule is COc1cc(-c2noc(CSc3ccc(C)cc3C)n2)ccc1OC(F)F. The van der Waals surface area contributed by atoms with Crippen molar-refractivity contribution in [1.29, 1.82) is 0 Å². The van der Waals surface area contributed by atoms with Gasteiger partial charge in [-0.05, 0) is 43.7 Å². The van der Waals surface area contributed by atoms with Crippen LogP contribution in [0.5, 0.6) is 11.5 Å². The second-order valence-electron chi connectivity index (χ2n) is 5.81. The second kappa shape index (κ2) is 8.39. The van der Waals surface area contributed by atoms with E-state index in [1.54, 1.807) is 17.8 Å². The molecule has 0 amide bonds. The van der Waals surface area contributed by atoms with E-state index in [2.05, 4.69) is 46.9 Å². The van der Waals surface area contributed by atoms with E-state index in [0.717, 1.165) is 4.90 Å². The lowest BCUT2D eigenvalue weighted by Gasteiger charge is -2.10. The van der Waals surface area contributed by atoms with Gasteiger partial charge in [0.15, 0.2) is 11.5 Å². The summed E-state index contributed by atoms with van der Waals surface area (Å²) in [6.07, 6.45) is 0. The molecule has 0 saturated carbocycles. The van der Waals surface area contributed by atoms with Gasteiger partial charge in [-0.25, -0.2) is 0 Å². The number of halogens is 2. The third-order valence-electron chi connectivity index (χ3n) is 3.79. The Bertz CT molecular complexity index is 931. The molecule has 0 N–H and O–H groups in total. The molecule has 2 aromatic carbocycles. The molecule has 3 rings (SSSR count). The quantitative estimate of drug-likeness (QED) is 0.512. The molecule has 1 aromatic heterocycles. The van der Waals surface area contributed by atoms with E-state index in [4.69, 9.17) is 9.26 Å². The second-order valence-corrected chi connectivity index (χ2v) is 6.83. The highest BCUT2D eigenvalue weighted by atomic mass is 32.2. The van der Waals surface area contributed by atoms with Crippen LogP contribution in [0.2, 0.25) is 0 Å². The van der Waals surface area contributed by atoms with Gasteiger partial charge < -0.3 is 14.0 Å². The maximum absolute atomic E-state index is 12.4. The normalized spacial score (nSPS) is 11.0. The number of alkyl halides is 2. The molecule has 142 valence electrons. The Morgan fingerprint density at radius 1 is 1.11 bits per heavy atom. The summed E-state index contributed by atoms with van der Waals surface area (Å²) in [5.41, 5.74) is 2.99. The summed E-state index contributed by atoms with van der Waals surface area (Å²) in [5, 5.41) is 3.96. The van der Waals surface area contributed by atoms with E-state index in [1.807, 2.05) is 0 Å². The Labute approximate surface area is 159 Å². The molecule has 0 radical (unpaired) electrons. The van der Waals surface area contributed by atoms with Gasteiger partial charge in [0.2, 0.25) is 11.7 Å². The lowest BCUT2D eigenvalue weighted by Crippen LogP contribution is -2.03. The molecular formula is C19H18F2N2O3S. The maximum atomic E-state index is 12.4. The lowest BCUT2D eigenvalue weighted by molar-refractivity contribution is -0.0512. The molecule has 3 aromatic rings. The molecular weight excluding hydrogens is 374 g/mol. The molecule has 0 aliphatic carbocycles. The van der Waals surface area contributed by atoms with E-state index in [9.17, 15) is 8.78 Å². The molecule has 0 saturated heterocycles. The number of hydrogen-bond donors (Lipinski definition) is 0. The molecule has 0 aliphatic rings. The Balaban J connectivity index is 1.73. The van der Waals surface area contributed by atoms with Gasteiger partial charge in [-0.2, -0.15) is 13.8 Å². The molecule has 1 heterocycles. The first-order valence-electron chi connectivity index (χ1n) is 8.12. The van der Waals surface area contributed by atoms with Gasteiger partial charge in [0.1, 0.15) is 0 Å². The predicted octanol–water partition coefficient (Wildman–Crippen LogP) is 5.26. The molecule has 8 heteroatoms. The Morgan fingerprint density at radius 3 is 2.63 bits per heavy atom. The maximum Gasteiger partial charge on any atom is 0.387 e. The number of aryl methyl sites for hydroxylation is 2. The van der Waals surface area contributed by atoms with Crippen LogP contribution in [0.15, 0.2) is 45.8 Å². The van der Waals surface area contributed by atoms with Gasteiger partial charge in [-0.1, -0.05) is 22.9 Å². The number of rotatable bonds is 7. The smallest absolute Gasteiger partial charge is 0.387 e. The zero-order chi connectivity index (χ0) is 19.4. The standard InChI is InChI=1S/C19H18F2N2O3S/c1-11-4-7-16(12(2)8-11)27-10-17-22-18(23-26-17)13-5-6-14(25-19(20)21)15(9-13)24-3/h4-9,19H,10H2,1-3H3. The van der Waals surface area contributed by atoms with Crippen LogP contribution in [0.4, 0.5) is 8.78 Å². The number of hydrogen-bond acceptors (Lipinski definition) is 6. The van der Waals surface area contributed by atoms with E-state index in [-0.39, 0.29) is 11.5 Å². The molecule has 0 fully saturated rings. The van der Waals surface area contributed by atoms with Crippen LogP contribution in [0.25, 0.3) is 11.4 Å². The van der Waals surface area contributed by atoms with Crippen LogP contribution in [0, 0.1) is 13.8 Å². The number of aromatic nitrogens is 2. The fourth-order valence-electron chi connectivity index (χ4n) is 2.53. The average molecular weight is 392 g/mol. The fraction of sp³-hybridized carbons (Fsp3) is 0.263. The van der Waals surface area contributed by atoms with Gasteiger partial charge in [-0.3, -0.25) is 0 Å². The first-order valence-corrected chi connectivity index (χ1v) is 9.10. The molecule has 0 spiro atoms. The number of thioether (sulfide) groups is 1. The third kappa shape index (κ3) is 4.77. The van der Waals surface area contributed by atoms with Crippen LogP contribution in [0.1, 0.15) is 17.0 Å². The van der Waals surface area contributed by atoms with Crippen molar-refractivity contribution in [2.24, 2.45) is 0 Å². The van der Waals surface area contributed by atoms with Gasteiger partial charge in [0, 0.05) is 10.5 Å². The summed E-state index contributed by atoms with van der Waals surface area (Å²) in [6.45, 7) is 1.19. The summed E-state index contributed by atoms with van der Waals surface area (Å²) in [5.74, 6) is 1.48. The lowest BCUT2D eigenvalue weighted by atomic mass is 10.2. The molecule has 0 unspecified atom stereocenters. The van der Waals surface area contributed by atoms with Crippen LogP contribution < -0.4 is 9.47 Å². The van der Waals surface area contributed by atoms with Crippen LogP contribution in [-0.2, 0) is 5.75 Å². The van der Waals surface area contributed by atoms with Crippen molar-refractivity contribution in [3.63, 3.8) is 0 Å². The minimum atomic E-state index is -2.93. The summed E-state index contributed by atoms with van der Waals surface area (Å²) >= 11 is 1.61. The molecule has 0 aliphatic heterocycles. The van der Waals surface area contributed by atoms with E-state index in [1.165, 1.54) is 30.4 Å². The Kier molecular flexibility index (Phi) is 5.95. The van der Waals surface area contributed by atoms with Crippen LogP contribution >= 0.6 is 11.8 Å².